The van der Waals surface area contributed by atoms with E-state index in [0.29, 0.717) is 12.1 Å². The van der Waals surface area contributed by atoms with Crippen LogP contribution in [-0.2, 0) is 22.1 Å². The first-order chi connectivity index (χ1) is 11.6. The molecule has 0 aliphatic carbocycles. The van der Waals surface area contributed by atoms with E-state index in [1.165, 1.54) is 4.31 Å². The van der Waals surface area contributed by atoms with Gasteiger partial charge in [-0.1, -0.05) is 48.5 Å². The van der Waals surface area contributed by atoms with Crippen molar-refractivity contribution in [1.29, 1.82) is 0 Å². The first-order valence-corrected chi connectivity index (χ1v) is 9.91. The normalized spacial score (nSPS) is 14.6. The van der Waals surface area contributed by atoms with E-state index >= 15 is 0 Å². The van der Waals surface area contributed by atoms with Crippen molar-refractivity contribution in [1.82, 2.24) is 4.31 Å². The number of hydrogen-bond acceptors (Lipinski definition) is 3. The molecule has 0 bridgehead atoms. The van der Waals surface area contributed by atoms with Gasteiger partial charge in [-0.3, -0.25) is 4.55 Å². The molecule has 1 unspecified atom stereocenters. The third kappa shape index (κ3) is 5.69. The van der Waals surface area contributed by atoms with Crippen LogP contribution in [0.1, 0.15) is 66.0 Å². The number of phenolic OH excluding ortho intramolecular Hbond substituents is 1. The molecule has 26 heavy (non-hydrogen) atoms. The van der Waals surface area contributed by atoms with Crippen LogP contribution >= 0.6 is 0 Å². The molecule has 6 heteroatoms. The summed E-state index contributed by atoms with van der Waals surface area (Å²) in [7, 11) is 3.21. The van der Waals surface area contributed by atoms with Crippen LogP contribution in [0.25, 0.3) is 0 Å². The zero-order chi connectivity index (χ0) is 20.5. The molecule has 0 radical (unpaired) electrons. The van der Waals surface area contributed by atoms with Gasteiger partial charge in [0.1, 0.15) is 11.5 Å². The monoisotopic (exact) mass is 385 g/mol. The van der Waals surface area contributed by atoms with Crippen molar-refractivity contribution < 1.29 is 18.6 Å². The van der Waals surface area contributed by atoms with Gasteiger partial charge in [0.15, 0.2) is 0 Å². The van der Waals surface area contributed by atoms with Gasteiger partial charge in [-0.05, 0) is 29.4 Å². The summed E-state index contributed by atoms with van der Waals surface area (Å²) in [6.45, 7) is 15.1. The number of methoxy groups -OCH3 is 1. The van der Waals surface area contributed by atoms with Gasteiger partial charge in [0, 0.05) is 30.1 Å². The average Bonchev–Trinajstić information content (AvgIpc) is 2.43. The molecule has 1 aromatic carbocycles. The maximum atomic E-state index is 11.3. The second-order valence-electron chi connectivity index (χ2n) is 9.59. The van der Waals surface area contributed by atoms with Crippen molar-refractivity contribution in [2.45, 2.75) is 65.7 Å². The number of likely N-dealkylation sites (N-methyl/N-ethyl adjacent to an activating group) is 1. The fourth-order valence-electron chi connectivity index (χ4n) is 3.93. The third-order valence-corrected chi connectivity index (χ3v) is 5.30. The highest BCUT2D eigenvalue weighted by atomic mass is 32.2. The summed E-state index contributed by atoms with van der Waals surface area (Å²) in [5, 5.41) is 10.7. The Morgan fingerprint density at radius 3 is 2.00 bits per heavy atom. The van der Waals surface area contributed by atoms with E-state index in [1.54, 1.807) is 20.2 Å². The third-order valence-electron chi connectivity index (χ3n) is 4.63. The van der Waals surface area contributed by atoms with E-state index in [1.807, 2.05) is 19.9 Å². The highest BCUT2D eigenvalue weighted by molar-refractivity contribution is 7.76. The fraction of sp³-hybridized carbons (Fsp3) is 0.700. The van der Waals surface area contributed by atoms with E-state index in [9.17, 15) is 13.9 Å². The van der Waals surface area contributed by atoms with Crippen LogP contribution < -0.4 is 4.74 Å². The maximum Gasteiger partial charge on any atom is 0.234 e. The molecule has 1 atom stereocenters. The van der Waals surface area contributed by atoms with E-state index in [0.717, 1.165) is 17.7 Å². The quantitative estimate of drug-likeness (QED) is 0.680. The Kier molecular flexibility index (Phi) is 6.94. The largest absolute Gasteiger partial charge is 0.508 e. The van der Waals surface area contributed by atoms with Gasteiger partial charge in [0.2, 0.25) is 11.3 Å². The van der Waals surface area contributed by atoms with Crippen LogP contribution in [0.5, 0.6) is 11.5 Å². The number of ether oxygens (including phenoxy) is 1. The molecule has 0 spiro atoms. The van der Waals surface area contributed by atoms with E-state index in [4.69, 9.17) is 4.74 Å². The molecule has 0 aliphatic heterocycles. The highest BCUT2D eigenvalue weighted by Crippen LogP contribution is 2.44. The molecule has 2 N–H and O–H groups in total. The minimum atomic E-state index is -2.05. The molecule has 0 amide bonds. The number of hydrogen-bond donors (Lipinski definition) is 2. The van der Waals surface area contributed by atoms with Crippen molar-refractivity contribution in [3.05, 3.63) is 23.3 Å². The molecular weight excluding hydrogens is 350 g/mol. The summed E-state index contributed by atoms with van der Waals surface area (Å²) in [5.41, 5.74) is 1.09. The second kappa shape index (κ2) is 7.87. The molecule has 1 rings (SSSR count). The number of nitrogens with zero attached hydrogens (tertiary/aromatic N) is 1. The van der Waals surface area contributed by atoms with E-state index in [2.05, 4.69) is 34.6 Å². The smallest absolute Gasteiger partial charge is 0.234 e. The Bertz CT molecular complexity index is 663. The first-order valence-electron chi connectivity index (χ1n) is 8.85. The topological polar surface area (TPSA) is 70.0 Å². The standard InChI is InChI=1S/C20H35NO4S/c1-18(2,3)12-19(4,5)15-10-16(22)14(11-17(15)25-9)20(6,7)13-21(8)26(23)24/h10-11,22H,12-13H2,1-9H3,(H,23,24). The van der Waals surface area contributed by atoms with Crippen molar-refractivity contribution >= 4 is 11.3 Å². The molecule has 0 aliphatic rings. The van der Waals surface area contributed by atoms with E-state index in [-0.39, 0.29) is 16.6 Å². The molecule has 0 heterocycles. The van der Waals surface area contributed by atoms with Gasteiger partial charge in [0.25, 0.3) is 0 Å². The Morgan fingerprint density at radius 2 is 1.58 bits per heavy atom. The van der Waals surface area contributed by atoms with Crippen LogP contribution in [-0.4, -0.2) is 38.9 Å². The second-order valence-corrected chi connectivity index (χ2v) is 10.7. The Hall–Kier alpha value is -1.11. The molecule has 0 saturated heterocycles. The lowest BCUT2D eigenvalue weighted by Gasteiger charge is -2.35. The summed E-state index contributed by atoms with van der Waals surface area (Å²) in [4.78, 5) is 0. The van der Waals surface area contributed by atoms with Crippen molar-refractivity contribution in [3.63, 3.8) is 0 Å². The number of aromatic hydroxyl groups is 1. The van der Waals surface area contributed by atoms with Gasteiger partial charge >= 0.3 is 0 Å². The Morgan fingerprint density at radius 1 is 1.04 bits per heavy atom. The predicted octanol–water partition coefficient (Wildman–Crippen LogP) is 4.46. The predicted molar refractivity (Wildman–Crippen MR) is 108 cm³/mol. The van der Waals surface area contributed by atoms with Crippen LogP contribution in [0, 0.1) is 5.41 Å². The molecule has 1 aromatic rings. The summed E-state index contributed by atoms with van der Waals surface area (Å²) >= 11 is -2.05. The summed E-state index contributed by atoms with van der Waals surface area (Å²) in [6, 6.07) is 3.65. The van der Waals surface area contributed by atoms with Crippen molar-refractivity contribution in [3.8, 4) is 11.5 Å². The van der Waals surface area contributed by atoms with Crippen molar-refractivity contribution in [2.24, 2.45) is 5.41 Å². The highest BCUT2D eigenvalue weighted by Gasteiger charge is 2.33. The number of phenols is 1. The van der Waals surface area contributed by atoms with Crippen molar-refractivity contribution in [2.75, 3.05) is 20.7 Å². The number of benzene rings is 1. The lowest BCUT2D eigenvalue weighted by molar-refractivity contribution is 0.275. The zero-order valence-electron chi connectivity index (χ0n) is 17.6. The summed E-state index contributed by atoms with van der Waals surface area (Å²) < 4.78 is 27.5. The molecule has 0 aromatic heterocycles. The van der Waals surface area contributed by atoms with Gasteiger partial charge in [-0.2, -0.15) is 0 Å². The van der Waals surface area contributed by atoms with Gasteiger partial charge in [-0.25, -0.2) is 8.51 Å². The van der Waals surface area contributed by atoms with Crippen LogP contribution in [0.3, 0.4) is 0 Å². The first kappa shape index (κ1) is 22.9. The lowest BCUT2D eigenvalue weighted by atomic mass is 9.71. The molecule has 150 valence electrons. The van der Waals surface area contributed by atoms with Gasteiger partial charge in [-0.15, -0.1) is 0 Å². The summed E-state index contributed by atoms with van der Waals surface area (Å²) in [5.74, 6) is 0.915. The van der Waals surface area contributed by atoms with Crippen LogP contribution in [0.2, 0.25) is 0 Å². The molecule has 5 nitrogen and oxygen atoms in total. The minimum Gasteiger partial charge on any atom is -0.508 e. The Balaban J connectivity index is 3.39. The minimum absolute atomic E-state index is 0.135. The van der Waals surface area contributed by atoms with E-state index < -0.39 is 16.7 Å². The van der Waals surface area contributed by atoms with Gasteiger partial charge < -0.3 is 9.84 Å². The SMILES string of the molecule is COc1cc(C(C)(C)CN(C)S(=O)O)c(O)cc1C(C)(C)CC(C)(C)C. The number of rotatable bonds is 7. The zero-order valence-corrected chi connectivity index (χ0v) is 18.5. The van der Waals surface area contributed by atoms with Gasteiger partial charge in [0.05, 0.1) is 7.11 Å². The Labute approximate surface area is 161 Å². The molecular formula is C20H35NO4S. The fourth-order valence-corrected chi connectivity index (χ4v) is 4.36. The lowest BCUT2D eigenvalue weighted by Crippen LogP contribution is -2.35. The summed E-state index contributed by atoms with van der Waals surface area (Å²) in [6.07, 6.45) is 0.935. The molecule has 0 fully saturated rings. The maximum absolute atomic E-state index is 11.3. The van der Waals surface area contributed by atoms with Crippen LogP contribution in [0.15, 0.2) is 12.1 Å². The average molecular weight is 386 g/mol. The molecule has 0 saturated carbocycles. The van der Waals surface area contributed by atoms with Crippen LogP contribution in [0.4, 0.5) is 0 Å².